The lowest BCUT2D eigenvalue weighted by Crippen LogP contribution is -2.51. The van der Waals surface area contributed by atoms with Crippen molar-refractivity contribution in [1.82, 2.24) is 0 Å². The normalized spacial score (nSPS) is 34.4. The van der Waals surface area contributed by atoms with E-state index in [9.17, 15) is 0 Å². The van der Waals surface area contributed by atoms with Gasteiger partial charge in [0.2, 0.25) is 0 Å². The lowest BCUT2D eigenvalue weighted by Gasteiger charge is -2.49. The van der Waals surface area contributed by atoms with Crippen LogP contribution in [0, 0.1) is 5.92 Å². The summed E-state index contributed by atoms with van der Waals surface area (Å²) in [6, 6.07) is 0. The van der Waals surface area contributed by atoms with Crippen LogP contribution in [0.3, 0.4) is 0 Å². The van der Waals surface area contributed by atoms with Crippen LogP contribution in [0.25, 0.3) is 0 Å². The Labute approximate surface area is 74.2 Å². The van der Waals surface area contributed by atoms with Gasteiger partial charge in [0.15, 0.2) is 0 Å². The van der Waals surface area contributed by atoms with Crippen molar-refractivity contribution in [3.05, 3.63) is 12.2 Å². The topological polar surface area (TPSA) is 29.5 Å². The van der Waals surface area contributed by atoms with Crippen molar-refractivity contribution in [3.8, 4) is 0 Å². The van der Waals surface area contributed by atoms with Gasteiger partial charge in [-0.2, -0.15) is 0 Å². The van der Waals surface area contributed by atoms with Crippen LogP contribution < -0.4 is 0 Å². The molecule has 2 nitrogen and oxygen atoms in total. The van der Waals surface area contributed by atoms with E-state index in [4.69, 9.17) is 9.84 Å². The predicted molar refractivity (Wildman–Crippen MR) is 49.0 cm³/mol. The Morgan fingerprint density at radius 2 is 2.42 bits per heavy atom. The Balaban J connectivity index is 2.67. The predicted octanol–water partition coefficient (Wildman–Crippen LogP) is 1.74. The van der Waals surface area contributed by atoms with E-state index in [1.165, 1.54) is 0 Å². The number of ether oxygens (including phenoxy) is 1. The fourth-order valence-corrected chi connectivity index (χ4v) is 1.98. The molecule has 2 heteroatoms. The van der Waals surface area contributed by atoms with Crippen LogP contribution in [-0.2, 0) is 4.74 Å². The average Bonchev–Trinajstić information content (AvgIpc) is 1.98. The van der Waals surface area contributed by atoms with Crippen LogP contribution in [0.1, 0.15) is 26.7 Å². The Morgan fingerprint density at radius 1 is 1.75 bits per heavy atom. The highest BCUT2D eigenvalue weighted by Crippen LogP contribution is 2.45. The van der Waals surface area contributed by atoms with Crippen LogP contribution in [0.15, 0.2) is 12.2 Å². The highest BCUT2D eigenvalue weighted by molar-refractivity contribution is 5.18. The van der Waals surface area contributed by atoms with E-state index in [0.29, 0.717) is 6.61 Å². The molecule has 0 bridgehead atoms. The first-order chi connectivity index (χ1) is 5.67. The summed E-state index contributed by atoms with van der Waals surface area (Å²) in [6.45, 7) is 8.81. The highest BCUT2D eigenvalue weighted by Gasteiger charge is 2.47. The minimum absolute atomic E-state index is 0.205. The van der Waals surface area contributed by atoms with E-state index in [0.717, 1.165) is 18.4 Å². The zero-order valence-electron chi connectivity index (χ0n) is 7.97. The van der Waals surface area contributed by atoms with Crippen molar-refractivity contribution in [2.75, 3.05) is 13.2 Å². The van der Waals surface area contributed by atoms with Gasteiger partial charge in [-0.05, 0) is 32.3 Å². The molecular formula is C10H18O2. The summed E-state index contributed by atoms with van der Waals surface area (Å²) in [5.41, 5.74) is 0.846. The van der Waals surface area contributed by atoms with Crippen LogP contribution in [0.5, 0.6) is 0 Å². The zero-order valence-corrected chi connectivity index (χ0v) is 7.97. The molecule has 0 amide bonds. The van der Waals surface area contributed by atoms with E-state index >= 15 is 0 Å². The standard InChI is InChI=1S/C10H18O2/c1-4-12-10(8(2)3)6-5-9(10)7-11/h9,11H,2,4-7H2,1,3H3. The fraction of sp³-hybridized carbons (Fsp3) is 0.800. The van der Waals surface area contributed by atoms with Crippen molar-refractivity contribution in [2.24, 2.45) is 5.92 Å². The molecule has 0 radical (unpaired) electrons. The summed E-state index contributed by atoms with van der Waals surface area (Å²) in [6.07, 6.45) is 2.07. The Kier molecular flexibility index (Phi) is 2.91. The molecule has 0 spiro atoms. The molecule has 70 valence electrons. The van der Waals surface area contributed by atoms with Gasteiger partial charge in [-0.3, -0.25) is 0 Å². The minimum Gasteiger partial charge on any atom is -0.396 e. The van der Waals surface area contributed by atoms with Crippen LogP contribution in [-0.4, -0.2) is 23.9 Å². The lowest BCUT2D eigenvalue weighted by molar-refractivity contribution is -0.128. The van der Waals surface area contributed by atoms with Crippen molar-refractivity contribution in [3.63, 3.8) is 0 Å². The third-order valence-corrected chi connectivity index (χ3v) is 2.87. The third-order valence-electron chi connectivity index (χ3n) is 2.87. The largest absolute Gasteiger partial charge is 0.396 e. The molecule has 0 aromatic heterocycles. The van der Waals surface area contributed by atoms with E-state index in [2.05, 4.69) is 6.58 Å². The Hall–Kier alpha value is -0.340. The van der Waals surface area contributed by atoms with Gasteiger partial charge in [0.25, 0.3) is 0 Å². The number of hydrogen-bond acceptors (Lipinski definition) is 2. The monoisotopic (exact) mass is 170 g/mol. The molecule has 2 atom stereocenters. The second-order valence-electron chi connectivity index (χ2n) is 3.52. The Bertz CT molecular complexity index is 175. The van der Waals surface area contributed by atoms with E-state index in [1.807, 2.05) is 13.8 Å². The van der Waals surface area contributed by atoms with Gasteiger partial charge in [0, 0.05) is 19.1 Å². The smallest absolute Gasteiger partial charge is 0.0936 e. The fourth-order valence-electron chi connectivity index (χ4n) is 1.98. The maximum absolute atomic E-state index is 9.08. The van der Waals surface area contributed by atoms with Gasteiger partial charge in [-0.25, -0.2) is 0 Å². The maximum atomic E-state index is 9.08. The average molecular weight is 170 g/mol. The molecule has 1 aliphatic carbocycles. The van der Waals surface area contributed by atoms with E-state index < -0.39 is 0 Å². The number of rotatable bonds is 4. The molecule has 0 aromatic rings. The summed E-state index contributed by atoms with van der Waals surface area (Å²) < 4.78 is 5.67. The van der Waals surface area contributed by atoms with Crippen molar-refractivity contribution in [2.45, 2.75) is 32.3 Å². The Morgan fingerprint density at radius 3 is 2.67 bits per heavy atom. The molecule has 1 N–H and O–H groups in total. The summed E-state index contributed by atoms with van der Waals surface area (Å²) in [5, 5.41) is 9.08. The van der Waals surface area contributed by atoms with Gasteiger partial charge >= 0.3 is 0 Å². The second kappa shape index (κ2) is 3.58. The molecule has 0 aromatic carbocycles. The number of aliphatic hydroxyl groups excluding tert-OH is 1. The first-order valence-corrected chi connectivity index (χ1v) is 4.58. The zero-order chi connectivity index (χ0) is 9.19. The first kappa shape index (κ1) is 9.75. The molecular weight excluding hydrogens is 152 g/mol. The summed E-state index contributed by atoms with van der Waals surface area (Å²) in [4.78, 5) is 0. The minimum atomic E-state index is -0.205. The molecule has 0 aliphatic heterocycles. The molecule has 0 saturated heterocycles. The van der Waals surface area contributed by atoms with Gasteiger partial charge in [-0.15, -0.1) is 0 Å². The molecule has 0 heterocycles. The number of aliphatic hydroxyl groups is 1. The van der Waals surface area contributed by atoms with Gasteiger partial charge in [0.1, 0.15) is 0 Å². The van der Waals surface area contributed by atoms with Crippen molar-refractivity contribution >= 4 is 0 Å². The van der Waals surface area contributed by atoms with Gasteiger partial charge in [-0.1, -0.05) is 6.58 Å². The summed E-state index contributed by atoms with van der Waals surface area (Å²) in [5.74, 6) is 0.273. The highest BCUT2D eigenvalue weighted by atomic mass is 16.5. The lowest BCUT2D eigenvalue weighted by atomic mass is 9.66. The third kappa shape index (κ3) is 1.29. The molecule has 2 unspecified atom stereocenters. The number of hydrogen-bond donors (Lipinski definition) is 1. The molecule has 12 heavy (non-hydrogen) atoms. The molecule has 1 rings (SSSR count). The van der Waals surface area contributed by atoms with Crippen LogP contribution in [0.4, 0.5) is 0 Å². The van der Waals surface area contributed by atoms with E-state index in [-0.39, 0.29) is 18.1 Å². The summed E-state index contributed by atoms with van der Waals surface area (Å²) >= 11 is 0. The van der Waals surface area contributed by atoms with Crippen molar-refractivity contribution in [1.29, 1.82) is 0 Å². The van der Waals surface area contributed by atoms with Crippen molar-refractivity contribution < 1.29 is 9.84 Å². The first-order valence-electron chi connectivity index (χ1n) is 4.58. The van der Waals surface area contributed by atoms with Gasteiger partial charge < -0.3 is 9.84 Å². The van der Waals surface area contributed by atoms with E-state index in [1.54, 1.807) is 0 Å². The molecule has 1 saturated carbocycles. The van der Waals surface area contributed by atoms with Gasteiger partial charge in [0.05, 0.1) is 5.60 Å². The molecule has 1 aliphatic rings. The van der Waals surface area contributed by atoms with Crippen LogP contribution >= 0.6 is 0 Å². The maximum Gasteiger partial charge on any atom is 0.0936 e. The summed E-state index contributed by atoms with van der Waals surface area (Å²) in [7, 11) is 0. The van der Waals surface area contributed by atoms with Crippen LogP contribution in [0.2, 0.25) is 0 Å². The molecule has 1 fully saturated rings. The second-order valence-corrected chi connectivity index (χ2v) is 3.52. The quantitative estimate of drug-likeness (QED) is 0.651. The SMILES string of the molecule is C=C(C)C1(OCC)CCC1CO.